The van der Waals surface area contributed by atoms with Crippen LogP contribution in [0.1, 0.15) is 51.4 Å². The molecule has 2 aliphatic carbocycles. The fourth-order valence-electron chi connectivity index (χ4n) is 3.13. The second-order valence-corrected chi connectivity index (χ2v) is 5.76. The second-order valence-electron chi connectivity index (χ2n) is 5.20. The highest BCUT2D eigenvalue weighted by molar-refractivity contribution is 9.09. The van der Waals surface area contributed by atoms with Crippen LogP contribution in [-0.4, -0.2) is 5.33 Å². The van der Waals surface area contributed by atoms with Gasteiger partial charge >= 0.3 is 0 Å². The van der Waals surface area contributed by atoms with Crippen molar-refractivity contribution < 1.29 is 0 Å². The van der Waals surface area contributed by atoms with Crippen molar-refractivity contribution in [2.75, 3.05) is 5.33 Å². The lowest BCUT2D eigenvalue weighted by molar-refractivity contribution is 0.227. The first kappa shape index (κ1) is 10.7. The van der Waals surface area contributed by atoms with Crippen LogP contribution in [0.2, 0.25) is 0 Å². The molecule has 1 unspecified atom stereocenters. The lowest BCUT2D eigenvalue weighted by Crippen LogP contribution is -2.26. The summed E-state index contributed by atoms with van der Waals surface area (Å²) in [4.78, 5) is 0. The maximum Gasteiger partial charge on any atom is 0.00911 e. The van der Waals surface area contributed by atoms with Crippen LogP contribution in [0.5, 0.6) is 0 Å². The van der Waals surface area contributed by atoms with Gasteiger partial charge in [-0.3, -0.25) is 0 Å². The van der Waals surface area contributed by atoms with Gasteiger partial charge in [-0.15, -0.1) is 0 Å². The van der Waals surface area contributed by atoms with E-state index in [9.17, 15) is 0 Å². The van der Waals surface area contributed by atoms with Gasteiger partial charge in [-0.1, -0.05) is 53.8 Å². The minimum Gasteiger partial charge on any atom is -0.0922 e. The third-order valence-electron chi connectivity index (χ3n) is 4.04. The molecule has 0 heterocycles. The summed E-state index contributed by atoms with van der Waals surface area (Å²) >= 11 is 3.74. The fraction of sp³-hybridized carbons (Fsp3) is 0.846. The van der Waals surface area contributed by atoms with Gasteiger partial charge in [0, 0.05) is 5.33 Å². The Balaban J connectivity index is 1.93. The first-order valence-electron chi connectivity index (χ1n) is 6.06. The molecule has 1 atom stereocenters. The van der Waals surface area contributed by atoms with Gasteiger partial charge < -0.3 is 0 Å². The van der Waals surface area contributed by atoms with Gasteiger partial charge in [-0.25, -0.2) is 0 Å². The zero-order valence-electron chi connectivity index (χ0n) is 8.97. The second kappa shape index (κ2) is 4.83. The molecular weight excluding hydrogens is 236 g/mol. The minimum atomic E-state index is 0.615. The number of halogens is 1. The van der Waals surface area contributed by atoms with Gasteiger partial charge in [-0.05, 0) is 37.0 Å². The zero-order valence-corrected chi connectivity index (χ0v) is 10.6. The molecule has 0 aromatic rings. The van der Waals surface area contributed by atoms with Crippen molar-refractivity contribution >= 4 is 15.9 Å². The smallest absolute Gasteiger partial charge is 0.00911 e. The summed E-state index contributed by atoms with van der Waals surface area (Å²) in [5.74, 6) is 1.04. The van der Waals surface area contributed by atoms with Crippen molar-refractivity contribution in [2.24, 2.45) is 11.3 Å². The molecule has 14 heavy (non-hydrogen) atoms. The van der Waals surface area contributed by atoms with Crippen molar-refractivity contribution in [2.45, 2.75) is 51.4 Å². The van der Waals surface area contributed by atoms with E-state index in [1.807, 2.05) is 0 Å². The molecular formula is C13H21Br. The summed E-state index contributed by atoms with van der Waals surface area (Å²) in [7, 11) is 0. The molecule has 2 rings (SSSR count). The predicted molar refractivity (Wildman–Crippen MR) is 65.8 cm³/mol. The Kier molecular flexibility index (Phi) is 3.70. The van der Waals surface area contributed by atoms with E-state index >= 15 is 0 Å². The first-order valence-corrected chi connectivity index (χ1v) is 7.18. The SMILES string of the molecule is BrCC1(CC2CCCC2)CC=CCC1. The van der Waals surface area contributed by atoms with Gasteiger partial charge in [-0.2, -0.15) is 0 Å². The monoisotopic (exact) mass is 256 g/mol. The van der Waals surface area contributed by atoms with Crippen LogP contribution >= 0.6 is 15.9 Å². The first-order chi connectivity index (χ1) is 6.85. The summed E-state index contributed by atoms with van der Waals surface area (Å²) in [6.45, 7) is 0. The summed E-state index contributed by atoms with van der Waals surface area (Å²) in [6.07, 6.45) is 16.2. The quantitative estimate of drug-likeness (QED) is 0.508. The van der Waals surface area contributed by atoms with Gasteiger partial charge in [0.05, 0.1) is 0 Å². The maximum absolute atomic E-state index is 3.74. The molecule has 0 nitrogen and oxygen atoms in total. The average molecular weight is 257 g/mol. The number of hydrogen-bond acceptors (Lipinski definition) is 0. The van der Waals surface area contributed by atoms with Gasteiger partial charge in [0.2, 0.25) is 0 Å². The minimum absolute atomic E-state index is 0.615. The van der Waals surface area contributed by atoms with Crippen molar-refractivity contribution in [1.82, 2.24) is 0 Å². The molecule has 0 aromatic heterocycles. The third kappa shape index (κ3) is 2.42. The molecule has 1 saturated carbocycles. The fourth-order valence-corrected chi connectivity index (χ4v) is 3.87. The lowest BCUT2D eigenvalue weighted by atomic mass is 9.72. The number of rotatable bonds is 3. The summed E-state index contributed by atoms with van der Waals surface area (Å²) in [6, 6.07) is 0. The van der Waals surface area contributed by atoms with E-state index in [0.717, 1.165) is 5.92 Å². The molecule has 80 valence electrons. The van der Waals surface area contributed by atoms with Crippen LogP contribution in [0.4, 0.5) is 0 Å². The van der Waals surface area contributed by atoms with Gasteiger partial charge in [0.1, 0.15) is 0 Å². The van der Waals surface area contributed by atoms with Crippen LogP contribution < -0.4 is 0 Å². The van der Waals surface area contributed by atoms with Crippen LogP contribution in [0.3, 0.4) is 0 Å². The number of hydrogen-bond donors (Lipinski definition) is 0. The summed E-state index contributed by atoms with van der Waals surface area (Å²) in [5.41, 5.74) is 0.615. The Labute approximate surface area is 96.3 Å². The Morgan fingerprint density at radius 3 is 2.57 bits per heavy atom. The molecule has 1 heteroatoms. The van der Waals surface area contributed by atoms with E-state index in [4.69, 9.17) is 0 Å². The van der Waals surface area contributed by atoms with Crippen LogP contribution in [0.25, 0.3) is 0 Å². The van der Waals surface area contributed by atoms with Crippen LogP contribution in [-0.2, 0) is 0 Å². The van der Waals surface area contributed by atoms with E-state index < -0.39 is 0 Å². The van der Waals surface area contributed by atoms with Gasteiger partial charge in [0.15, 0.2) is 0 Å². The third-order valence-corrected chi connectivity index (χ3v) is 5.23. The molecule has 0 aromatic carbocycles. The zero-order chi connectivity index (χ0) is 9.86. The standard InChI is InChI=1S/C13H21Br/c14-11-13(8-4-1-5-9-13)10-12-6-2-3-7-12/h1,4,12H,2-3,5-11H2. The highest BCUT2D eigenvalue weighted by Crippen LogP contribution is 2.44. The normalized spacial score (nSPS) is 33.8. The summed E-state index contributed by atoms with van der Waals surface area (Å²) < 4.78 is 0. The summed E-state index contributed by atoms with van der Waals surface area (Å²) in [5, 5.41) is 1.21. The molecule has 0 aliphatic heterocycles. The van der Waals surface area contributed by atoms with Crippen molar-refractivity contribution in [3.8, 4) is 0 Å². The molecule has 0 saturated heterocycles. The van der Waals surface area contributed by atoms with Crippen molar-refractivity contribution in [3.05, 3.63) is 12.2 Å². The van der Waals surface area contributed by atoms with Crippen molar-refractivity contribution in [3.63, 3.8) is 0 Å². The van der Waals surface area contributed by atoms with Crippen molar-refractivity contribution in [1.29, 1.82) is 0 Å². The number of allylic oxidation sites excluding steroid dienone is 2. The highest BCUT2D eigenvalue weighted by atomic mass is 79.9. The Morgan fingerprint density at radius 1 is 1.21 bits per heavy atom. The molecule has 0 amide bonds. The van der Waals surface area contributed by atoms with E-state index in [1.54, 1.807) is 0 Å². The molecule has 1 fully saturated rings. The van der Waals surface area contributed by atoms with Crippen LogP contribution in [0.15, 0.2) is 12.2 Å². The average Bonchev–Trinajstić information content (AvgIpc) is 2.72. The molecule has 2 aliphatic rings. The Bertz CT molecular complexity index is 203. The highest BCUT2D eigenvalue weighted by Gasteiger charge is 2.32. The Morgan fingerprint density at radius 2 is 2.00 bits per heavy atom. The van der Waals surface area contributed by atoms with E-state index in [2.05, 4.69) is 28.1 Å². The lowest BCUT2D eigenvalue weighted by Gasteiger charge is -2.35. The molecule has 0 N–H and O–H groups in total. The largest absolute Gasteiger partial charge is 0.0922 e. The van der Waals surface area contributed by atoms with E-state index in [-0.39, 0.29) is 0 Å². The molecule has 0 bridgehead atoms. The van der Waals surface area contributed by atoms with Crippen LogP contribution in [0, 0.1) is 11.3 Å². The van der Waals surface area contributed by atoms with E-state index in [0.29, 0.717) is 5.41 Å². The van der Waals surface area contributed by atoms with E-state index in [1.165, 1.54) is 56.7 Å². The predicted octanol–water partition coefficient (Wildman–Crippen LogP) is 4.69. The number of alkyl halides is 1. The molecule has 0 radical (unpaired) electrons. The van der Waals surface area contributed by atoms with Gasteiger partial charge in [0.25, 0.3) is 0 Å². The maximum atomic E-state index is 3.74. The topological polar surface area (TPSA) is 0 Å². The Hall–Kier alpha value is 0.220. The molecule has 0 spiro atoms.